The number of hydrogen-bond donors (Lipinski definition) is 3. The van der Waals surface area contributed by atoms with Gasteiger partial charge in [0.25, 0.3) is 0 Å². The molecule has 140 valence electrons. The van der Waals surface area contributed by atoms with Gasteiger partial charge < -0.3 is 14.8 Å². The molecule has 0 aliphatic heterocycles. The Morgan fingerprint density at radius 2 is 1.85 bits per heavy atom. The Kier molecular flexibility index (Phi) is 6.31. The van der Waals surface area contributed by atoms with Crippen LogP contribution < -0.4 is 15.3 Å². The van der Waals surface area contributed by atoms with E-state index in [-0.39, 0.29) is 22.4 Å². The highest BCUT2D eigenvalue weighted by molar-refractivity contribution is 7.63. The largest absolute Gasteiger partial charge is 0.454 e. The molecule has 1 unspecified atom stereocenters. The van der Waals surface area contributed by atoms with Crippen LogP contribution in [0.25, 0.3) is 0 Å². The summed E-state index contributed by atoms with van der Waals surface area (Å²) in [4.78, 5) is 9.64. The van der Waals surface area contributed by atoms with Gasteiger partial charge in [-0.1, -0.05) is 12.1 Å². The lowest BCUT2D eigenvalue weighted by Crippen LogP contribution is -2.16. The molecule has 3 N–H and O–H groups in total. The van der Waals surface area contributed by atoms with Gasteiger partial charge in [0.1, 0.15) is 5.75 Å². The van der Waals surface area contributed by atoms with Crippen molar-refractivity contribution in [2.75, 3.05) is 0 Å². The van der Waals surface area contributed by atoms with E-state index in [0.29, 0.717) is 24.0 Å². The molecule has 2 aromatic carbocycles. The summed E-state index contributed by atoms with van der Waals surface area (Å²) < 4.78 is 45.8. The maximum atomic E-state index is 14.3. The van der Waals surface area contributed by atoms with Crippen LogP contribution in [-0.2, 0) is 11.0 Å². The average Bonchev–Trinajstić information content (AvgIpc) is 2.60. The van der Waals surface area contributed by atoms with Crippen LogP contribution in [0.3, 0.4) is 0 Å². The van der Waals surface area contributed by atoms with Crippen molar-refractivity contribution >= 4 is 12.8 Å². The fraction of sp³-hybridized carbons (Fsp3) is 0.222. The maximum absolute atomic E-state index is 14.3. The maximum Gasteiger partial charge on any atom is 0.319 e. The third kappa shape index (κ3) is 4.19. The molecule has 0 saturated heterocycles. The summed E-state index contributed by atoms with van der Waals surface area (Å²) in [6, 6.07) is 5.46. The monoisotopic (exact) mass is 383 g/mol. The summed E-state index contributed by atoms with van der Waals surface area (Å²) >= 11 is 0. The van der Waals surface area contributed by atoms with Gasteiger partial charge in [0, 0.05) is 0 Å². The van der Waals surface area contributed by atoms with Gasteiger partial charge in [0.2, 0.25) is 5.82 Å². The molecule has 0 aliphatic rings. The second-order valence-electron chi connectivity index (χ2n) is 5.86. The number of allylic oxidation sites excluding steroid dienone is 1. The van der Waals surface area contributed by atoms with Crippen LogP contribution in [-0.4, -0.2) is 10.1 Å². The van der Waals surface area contributed by atoms with Crippen LogP contribution in [0, 0.1) is 25.5 Å². The zero-order valence-electron chi connectivity index (χ0n) is 14.4. The second-order valence-corrected chi connectivity index (χ2v) is 7.73. The summed E-state index contributed by atoms with van der Waals surface area (Å²) in [5.74, 6) is -2.11. The minimum absolute atomic E-state index is 0.0335. The number of hydrogen-bond acceptors (Lipinski definition) is 3. The van der Waals surface area contributed by atoms with Crippen molar-refractivity contribution in [3.8, 4) is 11.5 Å². The predicted octanol–water partition coefficient (Wildman–Crippen LogP) is 4.28. The first kappa shape index (κ1) is 20.3. The molecule has 1 atom stereocenters. The Morgan fingerprint density at radius 1 is 1.23 bits per heavy atom. The number of rotatable bonds is 7. The van der Waals surface area contributed by atoms with Crippen LogP contribution in [0.15, 0.2) is 36.9 Å². The van der Waals surface area contributed by atoms with Crippen molar-refractivity contribution in [2.24, 2.45) is 0 Å². The highest BCUT2D eigenvalue weighted by Crippen LogP contribution is 2.37. The summed E-state index contributed by atoms with van der Waals surface area (Å²) in [6.45, 7) is 6.74. The van der Waals surface area contributed by atoms with E-state index < -0.39 is 19.2 Å². The summed E-state index contributed by atoms with van der Waals surface area (Å²) in [5.41, 5.74) is 1.09. The predicted molar refractivity (Wildman–Crippen MR) is 95.2 cm³/mol. The van der Waals surface area contributed by atoms with Gasteiger partial charge in [0.15, 0.2) is 11.6 Å². The van der Waals surface area contributed by atoms with E-state index >= 15 is 0 Å². The number of nitrogens with one attached hydrogen (secondary N) is 1. The van der Waals surface area contributed by atoms with Crippen molar-refractivity contribution in [3.63, 3.8) is 0 Å². The van der Waals surface area contributed by atoms with Gasteiger partial charge >= 0.3 is 7.52 Å². The quantitative estimate of drug-likeness (QED) is 0.378. The summed E-state index contributed by atoms with van der Waals surface area (Å²) in [7, 11) is -4.11. The first-order valence-electron chi connectivity index (χ1n) is 7.83. The Morgan fingerprint density at radius 3 is 2.38 bits per heavy atom. The van der Waals surface area contributed by atoms with Gasteiger partial charge in [-0.05, 0) is 61.6 Å². The van der Waals surface area contributed by atoms with Crippen molar-refractivity contribution in [3.05, 3.63) is 65.2 Å². The third-order valence-corrected chi connectivity index (χ3v) is 5.12. The van der Waals surface area contributed by atoms with Gasteiger partial charge in [0.05, 0.1) is 5.30 Å². The zero-order chi connectivity index (χ0) is 19.5. The Labute approximate surface area is 150 Å². The van der Waals surface area contributed by atoms with E-state index in [9.17, 15) is 18.2 Å². The van der Waals surface area contributed by atoms with Crippen LogP contribution in [0.1, 0.15) is 23.1 Å². The zero-order valence-corrected chi connectivity index (χ0v) is 15.3. The van der Waals surface area contributed by atoms with Gasteiger partial charge in [-0.2, -0.15) is 4.39 Å². The van der Waals surface area contributed by atoms with Gasteiger partial charge in [-0.25, -0.2) is 4.39 Å². The Balaban J connectivity index is 2.39. The molecule has 0 saturated carbocycles. The molecule has 0 aromatic heterocycles. The molecule has 2 rings (SSSR count). The Hall–Kier alpha value is -2.05. The van der Waals surface area contributed by atoms with Crippen molar-refractivity contribution in [2.45, 2.75) is 26.7 Å². The first-order valence-corrected chi connectivity index (χ1v) is 9.48. The molecule has 0 aliphatic carbocycles. The van der Waals surface area contributed by atoms with Crippen LogP contribution in [0.5, 0.6) is 11.5 Å². The van der Waals surface area contributed by atoms with E-state index in [4.69, 9.17) is 9.94 Å². The normalized spacial score (nSPS) is 13.3. The second kappa shape index (κ2) is 8.10. The fourth-order valence-corrected chi connectivity index (χ4v) is 3.39. The van der Waals surface area contributed by atoms with E-state index in [0.717, 1.165) is 0 Å². The van der Waals surface area contributed by atoms with Crippen LogP contribution in [0.2, 0.25) is 0 Å². The molecule has 0 amide bonds. The molecule has 5 nitrogen and oxygen atoms in total. The number of aryl methyl sites for hydroxylation is 3. The lowest BCUT2D eigenvalue weighted by atomic mass is 10.1. The van der Waals surface area contributed by atoms with E-state index in [1.807, 2.05) is 0 Å². The minimum atomic E-state index is -4.11. The minimum Gasteiger partial charge on any atom is -0.454 e. The molecule has 26 heavy (non-hydrogen) atoms. The number of ether oxygens (including phenoxy) is 1. The first-order chi connectivity index (χ1) is 12.2. The lowest BCUT2D eigenvalue weighted by Gasteiger charge is -2.16. The standard InChI is InChI=1S/C18H20F2NO4P/c1-4-5-6-13-7-8-15(17(20)16(13)19)25-18-11(2)9-14(10-12(18)3)26(23,24)21-22/h4,7-10,22H,1,5-6H2,2-3H3,(H2,21,23,24). The summed E-state index contributed by atoms with van der Waals surface area (Å²) in [6.07, 6.45) is 2.48. The highest BCUT2D eigenvalue weighted by atomic mass is 31.2. The molecule has 2 aromatic rings. The smallest absolute Gasteiger partial charge is 0.319 e. The number of halogens is 2. The molecule has 0 fully saturated rings. The average molecular weight is 383 g/mol. The molecule has 8 heteroatoms. The molecular formula is C18H20F2NO4P. The van der Waals surface area contributed by atoms with Gasteiger partial charge in [-0.15, -0.1) is 11.8 Å². The SMILES string of the molecule is C=CCCc1ccc(Oc2c(C)cc(P(=O)(O)NO)cc2C)c(F)c1F. The molecule has 0 spiro atoms. The molecule has 0 heterocycles. The summed E-state index contributed by atoms with van der Waals surface area (Å²) in [5, 5.41) is 10.1. The van der Waals surface area contributed by atoms with E-state index in [1.54, 1.807) is 19.9 Å². The molecular weight excluding hydrogens is 363 g/mol. The van der Waals surface area contributed by atoms with Crippen molar-refractivity contribution in [1.29, 1.82) is 0 Å². The number of benzene rings is 2. The van der Waals surface area contributed by atoms with Crippen LogP contribution in [0.4, 0.5) is 8.78 Å². The Bertz CT molecular complexity index is 863. The lowest BCUT2D eigenvalue weighted by molar-refractivity contribution is 0.226. The van der Waals surface area contributed by atoms with Crippen molar-refractivity contribution in [1.82, 2.24) is 5.25 Å². The van der Waals surface area contributed by atoms with Gasteiger partial charge in [-0.3, -0.25) is 4.57 Å². The topological polar surface area (TPSA) is 78.8 Å². The van der Waals surface area contributed by atoms with E-state index in [1.165, 1.54) is 29.5 Å². The third-order valence-electron chi connectivity index (χ3n) is 3.89. The molecule has 0 bridgehead atoms. The molecule has 0 radical (unpaired) electrons. The van der Waals surface area contributed by atoms with Crippen molar-refractivity contribution < 1.29 is 28.2 Å². The highest BCUT2D eigenvalue weighted by Gasteiger charge is 2.23. The fourth-order valence-electron chi connectivity index (χ4n) is 2.53. The van der Waals surface area contributed by atoms with E-state index in [2.05, 4.69) is 6.58 Å². The van der Waals surface area contributed by atoms with Crippen LogP contribution >= 0.6 is 7.52 Å².